The first-order valence-corrected chi connectivity index (χ1v) is 9.56. The molecule has 0 heterocycles. The predicted octanol–water partition coefficient (Wildman–Crippen LogP) is 3.64. The van der Waals surface area contributed by atoms with Crippen LogP contribution in [0, 0.1) is 17.3 Å². The fourth-order valence-electron chi connectivity index (χ4n) is 4.85. The number of fused-ring (bicyclic) bond motifs is 1. The predicted molar refractivity (Wildman–Crippen MR) is 101 cm³/mol. The number of phenols is 1. The third-order valence-electron chi connectivity index (χ3n) is 6.54. The van der Waals surface area contributed by atoms with Crippen molar-refractivity contribution in [2.45, 2.75) is 58.2 Å². The highest BCUT2D eigenvalue weighted by molar-refractivity contribution is 5.89. The molecule has 0 aromatic heterocycles. The Balaban J connectivity index is 1.95. The van der Waals surface area contributed by atoms with E-state index in [0.29, 0.717) is 30.4 Å². The first-order chi connectivity index (χ1) is 12.7. The second-order valence-corrected chi connectivity index (χ2v) is 8.57. The average molecular weight is 372 g/mol. The smallest absolute Gasteiger partial charge is 0.338 e. The number of benzene rings is 1. The van der Waals surface area contributed by atoms with Gasteiger partial charge >= 0.3 is 5.97 Å². The fraction of sp³-hybridized carbons (Fsp3) is 0.545. The summed E-state index contributed by atoms with van der Waals surface area (Å²) in [4.78, 5) is 24.2. The van der Waals surface area contributed by atoms with Crippen molar-refractivity contribution >= 4 is 12.3 Å². The molecule has 0 saturated heterocycles. The third-order valence-corrected chi connectivity index (χ3v) is 6.54. The van der Waals surface area contributed by atoms with Gasteiger partial charge in [-0.1, -0.05) is 26.8 Å². The Morgan fingerprint density at radius 2 is 1.93 bits per heavy atom. The van der Waals surface area contributed by atoms with Crippen LogP contribution in [0.4, 0.5) is 0 Å². The standard InChI is InChI=1S/C22H28O5/c1-14(2)22(26)11-10-21(3)9-8-15(13-23)12-18(19(21)22)27-20(25)16-4-6-17(24)7-5-16/h4-8,13-14,18-19,24,26H,9-12H2,1-3H3/t18-,19+,21-,22+/m0/s1. The lowest BCUT2D eigenvalue weighted by molar-refractivity contribution is -0.114. The zero-order valence-corrected chi connectivity index (χ0v) is 16.1. The van der Waals surface area contributed by atoms with Crippen LogP contribution in [-0.4, -0.2) is 34.2 Å². The number of allylic oxidation sites excluding steroid dienone is 1. The highest BCUT2D eigenvalue weighted by atomic mass is 16.5. The molecule has 0 unspecified atom stereocenters. The second-order valence-electron chi connectivity index (χ2n) is 8.57. The van der Waals surface area contributed by atoms with Crippen molar-refractivity contribution in [3.05, 3.63) is 41.5 Å². The summed E-state index contributed by atoms with van der Waals surface area (Å²) in [5.41, 5.74) is -0.230. The number of phenolic OH excluding ortho intramolecular Hbond substituents is 1. The van der Waals surface area contributed by atoms with E-state index in [9.17, 15) is 19.8 Å². The normalized spacial score (nSPS) is 33.1. The first-order valence-electron chi connectivity index (χ1n) is 9.56. The van der Waals surface area contributed by atoms with Crippen LogP contribution in [0.1, 0.15) is 56.8 Å². The Hall–Kier alpha value is -2.14. The number of hydrogen-bond acceptors (Lipinski definition) is 5. The molecule has 27 heavy (non-hydrogen) atoms. The number of hydrogen-bond donors (Lipinski definition) is 2. The summed E-state index contributed by atoms with van der Waals surface area (Å²) < 4.78 is 5.87. The zero-order valence-electron chi connectivity index (χ0n) is 16.1. The molecule has 0 amide bonds. The van der Waals surface area contributed by atoms with Crippen LogP contribution in [0.15, 0.2) is 35.9 Å². The van der Waals surface area contributed by atoms with Crippen LogP contribution in [-0.2, 0) is 9.53 Å². The minimum Gasteiger partial charge on any atom is -0.508 e. The van der Waals surface area contributed by atoms with E-state index in [1.165, 1.54) is 24.3 Å². The number of esters is 1. The molecule has 2 N–H and O–H groups in total. The van der Waals surface area contributed by atoms with E-state index in [0.717, 1.165) is 12.7 Å². The summed E-state index contributed by atoms with van der Waals surface area (Å²) >= 11 is 0. The summed E-state index contributed by atoms with van der Waals surface area (Å²) in [7, 11) is 0. The number of aldehydes is 1. The van der Waals surface area contributed by atoms with Gasteiger partial charge in [-0.2, -0.15) is 0 Å². The molecule has 5 nitrogen and oxygen atoms in total. The van der Waals surface area contributed by atoms with E-state index >= 15 is 0 Å². The topological polar surface area (TPSA) is 83.8 Å². The molecule has 0 bridgehead atoms. The SMILES string of the molecule is CC(C)[C@]1(O)CC[C@]2(C)CC=C(C=O)C[C@H](OC(=O)c3ccc(O)cc3)[C@H]21. The van der Waals surface area contributed by atoms with Crippen LogP contribution in [0.2, 0.25) is 0 Å². The molecule has 146 valence electrons. The van der Waals surface area contributed by atoms with Gasteiger partial charge in [-0.15, -0.1) is 0 Å². The van der Waals surface area contributed by atoms with Gasteiger partial charge in [0.15, 0.2) is 0 Å². The third kappa shape index (κ3) is 3.53. The summed E-state index contributed by atoms with van der Waals surface area (Å²) in [6.45, 7) is 6.09. The lowest BCUT2D eigenvalue weighted by Gasteiger charge is -2.43. The van der Waals surface area contributed by atoms with E-state index in [1.807, 2.05) is 19.9 Å². The van der Waals surface area contributed by atoms with E-state index in [-0.39, 0.29) is 23.0 Å². The minimum atomic E-state index is -0.944. The van der Waals surface area contributed by atoms with Crippen molar-refractivity contribution in [1.29, 1.82) is 0 Å². The van der Waals surface area contributed by atoms with E-state index in [1.54, 1.807) is 0 Å². The quantitative estimate of drug-likeness (QED) is 0.623. The molecule has 1 saturated carbocycles. The monoisotopic (exact) mass is 372 g/mol. The van der Waals surface area contributed by atoms with Gasteiger partial charge in [0.05, 0.1) is 11.2 Å². The van der Waals surface area contributed by atoms with Gasteiger partial charge in [-0.25, -0.2) is 4.79 Å². The number of carbonyl (C=O) groups excluding carboxylic acids is 2. The van der Waals surface area contributed by atoms with Crippen LogP contribution in [0.5, 0.6) is 5.75 Å². The minimum absolute atomic E-state index is 0.0111. The van der Waals surface area contributed by atoms with Crippen LogP contribution >= 0.6 is 0 Å². The Morgan fingerprint density at radius 3 is 2.52 bits per heavy atom. The first kappa shape index (κ1) is 19.6. The fourth-order valence-corrected chi connectivity index (χ4v) is 4.85. The second kappa shape index (κ2) is 7.12. The molecular formula is C22H28O5. The van der Waals surface area contributed by atoms with Crippen molar-refractivity contribution in [3.8, 4) is 5.75 Å². The molecule has 1 fully saturated rings. The number of rotatable bonds is 4. The molecule has 0 spiro atoms. The molecule has 1 aromatic carbocycles. The summed E-state index contributed by atoms with van der Waals surface area (Å²) in [6.07, 6.45) is 4.65. The van der Waals surface area contributed by atoms with Gasteiger partial charge in [0.25, 0.3) is 0 Å². The largest absolute Gasteiger partial charge is 0.508 e. The maximum absolute atomic E-state index is 12.7. The lowest BCUT2D eigenvalue weighted by atomic mass is 9.67. The van der Waals surface area contributed by atoms with E-state index in [4.69, 9.17) is 4.74 Å². The molecule has 2 aliphatic carbocycles. The number of aromatic hydroxyl groups is 1. The lowest BCUT2D eigenvalue weighted by Crippen LogP contribution is -2.50. The molecule has 5 heteroatoms. The van der Waals surface area contributed by atoms with Crippen LogP contribution < -0.4 is 0 Å². The van der Waals surface area contributed by atoms with Crippen LogP contribution in [0.3, 0.4) is 0 Å². The van der Waals surface area contributed by atoms with E-state index in [2.05, 4.69) is 6.92 Å². The molecule has 4 atom stereocenters. The molecule has 3 rings (SSSR count). The van der Waals surface area contributed by atoms with Crippen molar-refractivity contribution in [2.24, 2.45) is 17.3 Å². The highest BCUT2D eigenvalue weighted by Gasteiger charge is 2.59. The van der Waals surface area contributed by atoms with Crippen molar-refractivity contribution in [2.75, 3.05) is 0 Å². The van der Waals surface area contributed by atoms with Crippen molar-refractivity contribution in [1.82, 2.24) is 0 Å². The van der Waals surface area contributed by atoms with Gasteiger partial charge in [0.1, 0.15) is 18.1 Å². The van der Waals surface area contributed by atoms with Crippen molar-refractivity contribution < 1.29 is 24.5 Å². The Labute approximate surface area is 160 Å². The van der Waals surface area contributed by atoms with Gasteiger partial charge in [0.2, 0.25) is 0 Å². The maximum atomic E-state index is 12.7. The number of carbonyl (C=O) groups is 2. The van der Waals surface area contributed by atoms with Gasteiger partial charge in [-0.3, -0.25) is 4.79 Å². The van der Waals surface area contributed by atoms with Gasteiger partial charge < -0.3 is 14.9 Å². The van der Waals surface area contributed by atoms with Crippen LogP contribution in [0.25, 0.3) is 0 Å². The summed E-state index contributed by atoms with van der Waals surface area (Å²) in [6, 6.07) is 5.88. The Kier molecular flexibility index (Phi) is 5.17. The van der Waals surface area contributed by atoms with Gasteiger partial charge in [0, 0.05) is 12.3 Å². The van der Waals surface area contributed by atoms with E-state index < -0.39 is 17.7 Å². The zero-order chi connectivity index (χ0) is 19.8. The molecule has 1 aromatic rings. The molecule has 0 radical (unpaired) electrons. The summed E-state index contributed by atoms with van der Waals surface area (Å²) in [5.74, 6) is -0.672. The Bertz CT molecular complexity index is 750. The number of aliphatic hydroxyl groups is 1. The highest BCUT2D eigenvalue weighted by Crippen LogP contribution is 2.58. The summed E-state index contributed by atoms with van der Waals surface area (Å²) in [5, 5.41) is 20.9. The van der Waals surface area contributed by atoms with Gasteiger partial charge in [-0.05, 0) is 60.4 Å². The molecule has 2 aliphatic rings. The molecule has 0 aliphatic heterocycles. The maximum Gasteiger partial charge on any atom is 0.338 e. The number of ether oxygens (including phenoxy) is 1. The average Bonchev–Trinajstić information content (AvgIpc) is 2.82. The molecular weight excluding hydrogens is 344 g/mol. The Morgan fingerprint density at radius 1 is 1.26 bits per heavy atom. The van der Waals surface area contributed by atoms with Crippen molar-refractivity contribution in [3.63, 3.8) is 0 Å².